The quantitative estimate of drug-likeness (QED) is 0.738. The van der Waals surface area contributed by atoms with Crippen LogP contribution in [0.4, 0.5) is 0 Å². The van der Waals surface area contributed by atoms with Gasteiger partial charge in [0, 0.05) is 24.7 Å². The Morgan fingerprint density at radius 2 is 1.88 bits per heavy atom. The van der Waals surface area contributed by atoms with Gasteiger partial charge in [0.25, 0.3) is 0 Å². The highest BCUT2D eigenvalue weighted by Gasteiger charge is 2.29. The van der Waals surface area contributed by atoms with Crippen molar-refractivity contribution in [1.82, 2.24) is 10.2 Å². The predicted molar refractivity (Wildman–Crippen MR) is 68.4 cm³/mol. The van der Waals surface area contributed by atoms with Gasteiger partial charge in [0.1, 0.15) is 0 Å². The van der Waals surface area contributed by atoms with Crippen molar-refractivity contribution in [2.75, 3.05) is 19.6 Å². The maximum Gasteiger partial charge on any atom is 0.0243 e. The second-order valence-corrected chi connectivity index (χ2v) is 5.89. The fraction of sp³-hybridized carbons (Fsp3) is 1.00. The monoisotopic (exact) mass is 225 g/mol. The Morgan fingerprint density at radius 3 is 2.38 bits per heavy atom. The maximum absolute atomic E-state index is 5.81. The highest BCUT2D eigenvalue weighted by molar-refractivity contribution is 4.90. The summed E-state index contributed by atoms with van der Waals surface area (Å²) < 4.78 is 0. The minimum Gasteiger partial charge on any atom is -0.328 e. The van der Waals surface area contributed by atoms with Gasteiger partial charge in [-0.2, -0.15) is 0 Å². The van der Waals surface area contributed by atoms with E-state index in [1.165, 1.54) is 38.8 Å². The summed E-state index contributed by atoms with van der Waals surface area (Å²) in [4.78, 5) is 2.66. The molecule has 1 atom stereocenters. The van der Waals surface area contributed by atoms with Crippen molar-refractivity contribution in [1.29, 1.82) is 0 Å². The molecule has 0 aromatic heterocycles. The minimum atomic E-state index is 0.460. The molecule has 2 aliphatic rings. The Hall–Kier alpha value is -0.120. The van der Waals surface area contributed by atoms with Crippen LogP contribution in [0.1, 0.15) is 39.5 Å². The number of nitrogens with zero attached hydrogens (tertiary/aromatic N) is 1. The maximum atomic E-state index is 5.81. The topological polar surface area (TPSA) is 41.3 Å². The van der Waals surface area contributed by atoms with Crippen LogP contribution in [-0.2, 0) is 0 Å². The van der Waals surface area contributed by atoms with Crippen molar-refractivity contribution in [3.63, 3.8) is 0 Å². The molecule has 1 saturated carbocycles. The molecule has 3 heteroatoms. The number of nitrogens with two attached hydrogens (primary N) is 1. The Kier molecular flexibility index (Phi) is 4.22. The highest BCUT2D eigenvalue weighted by Crippen LogP contribution is 2.20. The molecule has 1 aliphatic heterocycles. The van der Waals surface area contributed by atoms with Crippen LogP contribution in [0.2, 0.25) is 0 Å². The van der Waals surface area contributed by atoms with Crippen LogP contribution in [0.25, 0.3) is 0 Å². The van der Waals surface area contributed by atoms with Crippen LogP contribution >= 0.6 is 0 Å². The van der Waals surface area contributed by atoms with E-state index in [-0.39, 0.29) is 0 Å². The second-order valence-electron chi connectivity index (χ2n) is 5.89. The van der Waals surface area contributed by atoms with Crippen LogP contribution in [0.15, 0.2) is 0 Å². The molecule has 3 nitrogen and oxygen atoms in total. The van der Waals surface area contributed by atoms with Gasteiger partial charge in [0.05, 0.1) is 0 Å². The van der Waals surface area contributed by atoms with Crippen molar-refractivity contribution in [2.45, 2.75) is 57.7 Å². The minimum absolute atomic E-state index is 0.460. The number of rotatable bonds is 5. The van der Waals surface area contributed by atoms with E-state index in [2.05, 4.69) is 24.1 Å². The molecule has 0 amide bonds. The summed E-state index contributed by atoms with van der Waals surface area (Å²) in [5.41, 5.74) is 5.81. The van der Waals surface area contributed by atoms with E-state index >= 15 is 0 Å². The van der Waals surface area contributed by atoms with Crippen molar-refractivity contribution >= 4 is 0 Å². The van der Waals surface area contributed by atoms with Crippen LogP contribution in [0.5, 0.6) is 0 Å². The smallest absolute Gasteiger partial charge is 0.0243 e. The zero-order valence-electron chi connectivity index (χ0n) is 10.8. The van der Waals surface area contributed by atoms with Gasteiger partial charge < -0.3 is 11.1 Å². The van der Waals surface area contributed by atoms with Gasteiger partial charge in [-0.25, -0.2) is 0 Å². The molecule has 3 N–H and O–H groups in total. The Bertz CT molecular complexity index is 205. The average molecular weight is 225 g/mol. The van der Waals surface area contributed by atoms with Gasteiger partial charge in [-0.3, -0.25) is 4.90 Å². The number of hydrogen-bond acceptors (Lipinski definition) is 3. The number of hydrogen-bond donors (Lipinski definition) is 2. The van der Waals surface area contributed by atoms with Crippen molar-refractivity contribution in [3.8, 4) is 0 Å². The first kappa shape index (κ1) is 12.3. The lowest BCUT2D eigenvalue weighted by molar-refractivity contribution is 0.169. The van der Waals surface area contributed by atoms with Crippen LogP contribution in [0.3, 0.4) is 0 Å². The third-order valence-corrected chi connectivity index (χ3v) is 4.17. The molecule has 0 spiro atoms. The standard InChI is InChI=1S/C13H27N3/c1-10(2)13(16-5-3-4-6-16)9-15-12-7-11(14)8-12/h10-13,15H,3-9,14H2,1-2H3. The van der Waals surface area contributed by atoms with E-state index in [0.717, 1.165) is 18.5 Å². The van der Waals surface area contributed by atoms with Gasteiger partial charge in [0.2, 0.25) is 0 Å². The average Bonchev–Trinajstić information content (AvgIpc) is 2.67. The van der Waals surface area contributed by atoms with Gasteiger partial charge in [0.15, 0.2) is 0 Å². The SMILES string of the molecule is CC(C)C(CNC1CC(N)C1)N1CCCC1. The molecule has 0 aromatic carbocycles. The largest absolute Gasteiger partial charge is 0.328 e. The summed E-state index contributed by atoms with van der Waals surface area (Å²) >= 11 is 0. The van der Waals surface area contributed by atoms with Crippen molar-refractivity contribution < 1.29 is 0 Å². The third-order valence-electron chi connectivity index (χ3n) is 4.17. The van der Waals surface area contributed by atoms with E-state index in [0.29, 0.717) is 12.1 Å². The normalized spacial score (nSPS) is 33.0. The second kappa shape index (κ2) is 5.48. The molecule has 0 radical (unpaired) electrons. The zero-order valence-corrected chi connectivity index (χ0v) is 10.8. The molecule has 0 aromatic rings. The van der Waals surface area contributed by atoms with Crippen LogP contribution in [-0.4, -0.2) is 42.7 Å². The summed E-state index contributed by atoms with van der Waals surface area (Å²) in [5.74, 6) is 0.749. The zero-order chi connectivity index (χ0) is 11.5. The summed E-state index contributed by atoms with van der Waals surface area (Å²) in [7, 11) is 0. The molecule has 2 rings (SSSR count). The van der Waals surface area contributed by atoms with E-state index in [1.807, 2.05) is 0 Å². The lowest BCUT2D eigenvalue weighted by Crippen LogP contribution is -2.53. The van der Waals surface area contributed by atoms with E-state index in [4.69, 9.17) is 5.73 Å². The molecule has 1 saturated heterocycles. The Labute approximate surface area is 99.8 Å². The summed E-state index contributed by atoms with van der Waals surface area (Å²) in [5, 5.41) is 3.69. The molecule has 2 fully saturated rings. The lowest BCUT2D eigenvalue weighted by atomic mass is 9.87. The first-order valence-electron chi connectivity index (χ1n) is 6.90. The predicted octanol–water partition coefficient (Wildman–Crippen LogP) is 1.19. The molecule has 0 bridgehead atoms. The third kappa shape index (κ3) is 2.96. The van der Waals surface area contributed by atoms with Gasteiger partial charge in [-0.05, 0) is 44.7 Å². The highest BCUT2D eigenvalue weighted by atomic mass is 15.2. The fourth-order valence-electron chi connectivity index (χ4n) is 2.98. The molecule has 94 valence electrons. The van der Waals surface area contributed by atoms with Crippen molar-refractivity contribution in [3.05, 3.63) is 0 Å². The first-order chi connectivity index (χ1) is 7.66. The summed E-state index contributed by atoms with van der Waals surface area (Å²) in [6, 6.07) is 1.87. The van der Waals surface area contributed by atoms with Gasteiger partial charge in [-0.15, -0.1) is 0 Å². The molecule has 1 unspecified atom stereocenters. The lowest BCUT2D eigenvalue weighted by Gasteiger charge is -2.37. The Balaban J connectivity index is 1.74. The molecule has 1 aliphatic carbocycles. The van der Waals surface area contributed by atoms with Gasteiger partial charge in [-0.1, -0.05) is 13.8 Å². The van der Waals surface area contributed by atoms with E-state index in [1.54, 1.807) is 0 Å². The number of nitrogens with one attached hydrogen (secondary N) is 1. The number of likely N-dealkylation sites (tertiary alicyclic amines) is 1. The fourth-order valence-corrected chi connectivity index (χ4v) is 2.98. The van der Waals surface area contributed by atoms with Crippen LogP contribution in [0, 0.1) is 5.92 Å². The van der Waals surface area contributed by atoms with E-state index < -0.39 is 0 Å². The van der Waals surface area contributed by atoms with Gasteiger partial charge >= 0.3 is 0 Å². The Morgan fingerprint density at radius 1 is 1.25 bits per heavy atom. The molecule has 1 heterocycles. The molecular weight excluding hydrogens is 198 g/mol. The first-order valence-corrected chi connectivity index (χ1v) is 6.90. The molecule has 16 heavy (non-hydrogen) atoms. The summed E-state index contributed by atoms with van der Waals surface area (Å²) in [6.07, 6.45) is 5.12. The summed E-state index contributed by atoms with van der Waals surface area (Å²) in [6.45, 7) is 8.44. The van der Waals surface area contributed by atoms with Crippen molar-refractivity contribution in [2.24, 2.45) is 11.7 Å². The van der Waals surface area contributed by atoms with Crippen LogP contribution < -0.4 is 11.1 Å². The molecular formula is C13H27N3. The van der Waals surface area contributed by atoms with E-state index in [9.17, 15) is 0 Å².